The van der Waals surface area contributed by atoms with Crippen molar-refractivity contribution in [1.29, 1.82) is 0 Å². The molecule has 2 unspecified atom stereocenters. The molecule has 1 N–H and O–H groups in total. The fourth-order valence-corrected chi connectivity index (χ4v) is 3.37. The van der Waals surface area contributed by atoms with Gasteiger partial charge in [-0.25, -0.2) is 0 Å². The fourth-order valence-electron chi connectivity index (χ4n) is 3.37. The first-order valence-electron chi connectivity index (χ1n) is 7.89. The van der Waals surface area contributed by atoms with Gasteiger partial charge in [-0.05, 0) is 43.9 Å². The summed E-state index contributed by atoms with van der Waals surface area (Å²) in [5.41, 5.74) is 0. The van der Waals surface area contributed by atoms with Gasteiger partial charge >= 0.3 is 0 Å². The third kappa shape index (κ3) is 2.68. The van der Waals surface area contributed by atoms with Crippen LogP contribution in [0, 0.1) is 11.8 Å². The molecule has 1 aliphatic carbocycles. The summed E-state index contributed by atoms with van der Waals surface area (Å²) >= 11 is 0. The Morgan fingerprint density at radius 2 is 1.90 bits per heavy atom. The molecular formula is C15H24N2O3. The summed E-state index contributed by atoms with van der Waals surface area (Å²) in [5, 5.41) is 2.90. The molecule has 2 saturated heterocycles. The summed E-state index contributed by atoms with van der Waals surface area (Å²) in [5.74, 6) is 1.05. The fraction of sp³-hybridized carbons (Fsp3) is 0.867. The van der Waals surface area contributed by atoms with Crippen molar-refractivity contribution in [2.45, 2.75) is 51.1 Å². The highest BCUT2D eigenvalue weighted by Crippen LogP contribution is 2.37. The van der Waals surface area contributed by atoms with Crippen molar-refractivity contribution in [3.8, 4) is 0 Å². The molecule has 2 aliphatic heterocycles. The summed E-state index contributed by atoms with van der Waals surface area (Å²) in [6, 6.07) is -0.537. The van der Waals surface area contributed by atoms with E-state index in [0.29, 0.717) is 18.3 Å². The Morgan fingerprint density at radius 3 is 2.50 bits per heavy atom. The number of rotatable bonds is 4. The van der Waals surface area contributed by atoms with Gasteiger partial charge in [0.05, 0.1) is 0 Å². The van der Waals surface area contributed by atoms with Gasteiger partial charge in [-0.2, -0.15) is 0 Å². The number of hydrogen-bond donors (Lipinski definition) is 1. The van der Waals surface area contributed by atoms with E-state index in [-0.39, 0.29) is 23.9 Å². The molecule has 0 aromatic heterocycles. The zero-order valence-electron chi connectivity index (χ0n) is 12.1. The van der Waals surface area contributed by atoms with Gasteiger partial charge < -0.3 is 15.0 Å². The second-order valence-electron chi connectivity index (χ2n) is 6.30. The van der Waals surface area contributed by atoms with E-state index in [2.05, 4.69) is 5.32 Å². The quantitative estimate of drug-likeness (QED) is 0.833. The molecule has 20 heavy (non-hydrogen) atoms. The summed E-state index contributed by atoms with van der Waals surface area (Å²) in [4.78, 5) is 26.8. The van der Waals surface area contributed by atoms with Crippen molar-refractivity contribution < 1.29 is 14.3 Å². The third-order valence-corrected chi connectivity index (χ3v) is 4.77. The van der Waals surface area contributed by atoms with E-state index in [4.69, 9.17) is 4.74 Å². The van der Waals surface area contributed by atoms with Crippen LogP contribution in [0.4, 0.5) is 0 Å². The molecule has 0 spiro atoms. The van der Waals surface area contributed by atoms with Crippen molar-refractivity contribution in [1.82, 2.24) is 10.2 Å². The maximum atomic E-state index is 12.6. The van der Waals surface area contributed by atoms with Gasteiger partial charge in [0.2, 0.25) is 11.8 Å². The number of nitrogens with zero attached hydrogens (tertiary/aromatic N) is 1. The van der Waals surface area contributed by atoms with Crippen molar-refractivity contribution in [2.24, 2.45) is 11.8 Å². The monoisotopic (exact) mass is 280 g/mol. The predicted octanol–water partition coefficient (Wildman–Crippen LogP) is 0.929. The van der Waals surface area contributed by atoms with Gasteiger partial charge in [0, 0.05) is 19.8 Å². The standard InChI is InChI=1S/C15H24N2O3/c1-2-12-15(19)17(9-10-5-7-20-8-6-10)13(11-3-4-11)14(18)16-12/h10-13H,2-9H2,1H3,(H,16,18). The Balaban J connectivity index is 1.74. The molecule has 5 heteroatoms. The topological polar surface area (TPSA) is 58.6 Å². The van der Waals surface area contributed by atoms with Crippen LogP contribution in [0.25, 0.3) is 0 Å². The minimum Gasteiger partial charge on any atom is -0.381 e. The second-order valence-corrected chi connectivity index (χ2v) is 6.30. The SMILES string of the molecule is CCC1NC(=O)C(C2CC2)N(CC2CCOCC2)C1=O. The number of piperazine rings is 1. The van der Waals surface area contributed by atoms with E-state index in [1.54, 1.807) is 0 Å². The predicted molar refractivity (Wildman–Crippen MR) is 74.0 cm³/mol. The third-order valence-electron chi connectivity index (χ3n) is 4.77. The molecule has 3 fully saturated rings. The molecule has 5 nitrogen and oxygen atoms in total. The number of hydrogen-bond acceptors (Lipinski definition) is 3. The van der Waals surface area contributed by atoms with Crippen LogP contribution in [0.1, 0.15) is 39.0 Å². The average molecular weight is 280 g/mol. The Hall–Kier alpha value is -1.10. The lowest BCUT2D eigenvalue weighted by Crippen LogP contribution is -2.64. The molecule has 2 heterocycles. The first kappa shape index (κ1) is 13.9. The maximum absolute atomic E-state index is 12.6. The minimum absolute atomic E-state index is 0.0611. The Kier molecular flexibility index (Phi) is 3.96. The van der Waals surface area contributed by atoms with Crippen LogP contribution in [0.2, 0.25) is 0 Å². The first-order chi connectivity index (χ1) is 9.70. The number of nitrogens with one attached hydrogen (secondary N) is 1. The highest BCUT2D eigenvalue weighted by Gasteiger charge is 2.47. The summed E-state index contributed by atoms with van der Waals surface area (Å²) < 4.78 is 5.38. The molecule has 0 aromatic carbocycles. The van der Waals surface area contributed by atoms with Gasteiger partial charge in [-0.3, -0.25) is 9.59 Å². The van der Waals surface area contributed by atoms with E-state index in [1.807, 2.05) is 11.8 Å². The van der Waals surface area contributed by atoms with Gasteiger partial charge in [0.25, 0.3) is 0 Å². The summed E-state index contributed by atoms with van der Waals surface area (Å²) in [6.07, 6.45) is 4.82. The zero-order valence-corrected chi connectivity index (χ0v) is 12.1. The van der Waals surface area contributed by atoms with E-state index < -0.39 is 0 Å². The lowest BCUT2D eigenvalue weighted by Gasteiger charge is -2.41. The molecule has 3 aliphatic rings. The van der Waals surface area contributed by atoms with Gasteiger partial charge in [-0.15, -0.1) is 0 Å². The molecule has 3 rings (SSSR count). The molecular weight excluding hydrogens is 256 g/mol. The normalized spacial score (nSPS) is 32.4. The van der Waals surface area contributed by atoms with Crippen LogP contribution >= 0.6 is 0 Å². The number of carbonyl (C=O) groups is 2. The van der Waals surface area contributed by atoms with Crippen molar-refractivity contribution in [2.75, 3.05) is 19.8 Å². The Morgan fingerprint density at radius 1 is 1.20 bits per heavy atom. The lowest BCUT2D eigenvalue weighted by molar-refractivity contribution is -0.151. The van der Waals surface area contributed by atoms with Crippen LogP contribution in [-0.4, -0.2) is 48.6 Å². The minimum atomic E-state index is -0.322. The van der Waals surface area contributed by atoms with Crippen LogP contribution in [0.15, 0.2) is 0 Å². The van der Waals surface area contributed by atoms with E-state index in [0.717, 1.165) is 45.4 Å². The molecule has 0 aromatic rings. The van der Waals surface area contributed by atoms with Crippen molar-refractivity contribution >= 4 is 11.8 Å². The lowest BCUT2D eigenvalue weighted by atomic mass is 9.95. The highest BCUT2D eigenvalue weighted by atomic mass is 16.5. The molecule has 2 atom stereocenters. The van der Waals surface area contributed by atoms with Crippen molar-refractivity contribution in [3.05, 3.63) is 0 Å². The zero-order chi connectivity index (χ0) is 14.1. The first-order valence-corrected chi connectivity index (χ1v) is 7.89. The summed E-state index contributed by atoms with van der Waals surface area (Å²) in [6.45, 7) is 4.24. The highest BCUT2D eigenvalue weighted by molar-refractivity contribution is 5.97. The number of amides is 2. The van der Waals surface area contributed by atoms with E-state index >= 15 is 0 Å². The van der Waals surface area contributed by atoms with Crippen molar-refractivity contribution in [3.63, 3.8) is 0 Å². The van der Waals surface area contributed by atoms with Gasteiger partial charge in [0.15, 0.2) is 0 Å². The van der Waals surface area contributed by atoms with Crippen LogP contribution in [-0.2, 0) is 14.3 Å². The Labute approximate surface area is 120 Å². The van der Waals surface area contributed by atoms with E-state index in [9.17, 15) is 9.59 Å². The van der Waals surface area contributed by atoms with Crippen LogP contribution < -0.4 is 5.32 Å². The second kappa shape index (κ2) is 5.72. The van der Waals surface area contributed by atoms with Crippen LogP contribution in [0.5, 0.6) is 0 Å². The van der Waals surface area contributed by atoms with E-state index in [1.165, 1.54) is 0 Å². The molecule has 0 bridgehead atoms. The van der Waals surface area contributed by atoms with Crippen LogP contribution in [0.3, 0.4) is 0 Å². The maximum Gasteiger partial charge on any atom is 0.245 e. The molecule has 1 saturated carbocycles. The van der Waals surface area contributed by atoms with Gasteiger partial charge in [-0.1, -0.05) is 6.92 Å². The molecule has 2 amide bonds. The van der Waals surface area contributed by atoms with Gasteiger partial charge in [0.1, 0.15) is 12.1 Å². The molecule has 112 valence electrons. The molecule has 0 radical (unpaired) electrons. The summed E-state index contributed by atoms with van der Waals surface area (Å²) in [7, 11) is 0. The largest absolute Gasteiger partial charge is 0.381 e. The number of carbonyl (C=O) groups excluding carboxylic acids is 2. The average Bonchev–Trinajstić information content (AvgIpc) is 3.28. The smallest absolute Gasteiger partial charge is 0.245 e. The Bertz CT molecular complexity index is 389. The number of ether oxygens (including phenoxy) is 1.